The third-order valence-corrected chi connectivity index (χ3v) is 3.37. The van der Waals surface area contributed by atoms with Crippen LogP contribution in [-0.4, -0.2) is 29.6 Å². The Morgan fingerprint density at radius 1 is 1.24 bits per heavy atom. The van der Waals surface area contributed by atoms with E-state index < -0.39 is 17.9 Å². The van der Waals surface area contributed by atoms with E-state index in [0.29, 0.717) is 22.2 Å². The van der Waals surface area contributed by atoms with Gasteiger partial charge in [0.1, 0.15) is 6.04 Å². The number of hydrogen-bond donors (Lipinski definition) is 3. The molecule has 116 valence electrons. The molecule has 0 aromatic heterocycles. The van der Waals surface area contributed by atoms with Gasteiger partial charge in [-0.3, -0.25) is 14.9 Å². The van der Waals surface area contributed by atoms with Crippen molar-refractivity contribution in [2.75, 3.05) is 11.9 Å². The number of carboxylic acid groups (broad SMARTS) is 1. The summed E-state index contributed by atoms with van der Waals surface area (Å²) in [5.41, 5.74) is 0.323. The molecule has 1 atom stereocenters. The summed E-state index contributed by atoms with van der Waals surface area (Å²) in [5, 5.41) is 15.0. The van der Waals surface area contributed by atoms with Gasteiger partial charge in [-0.15, -0.1) is 0 Å². The summed E-state index contributed by atoms with van der Waals surface area (Å²) in [6, 6.07) is 4.11. The van der Waals surface area contributed by atoms with Gasteiger partial charge in [-0.05, 0) is 24.5 Å². The molecule has 1 unspecified atom stereocenters. The summed E-state index contributed by atoms with van der Waals surface area (Å²) in [4.78, 5) is 22.9. The van der Waals surface area contributed by atoms with Gasteiger partial charge in [-0.1, -0.05) is 43.1 Å². The van der Waals surface area contributed by atoms with Crippen LogP contribution in [0.15, 0.2) is 18.2 Å². The van der Waals surface area contributed by atoms with Crippen molar-refractivity contribution in [3.05, 3.63) is 28.2 Å². The minimum absolute atomic E-state index is 0.134. The lowest BCUT2D eigenvalue weighted by Gasteiger charge is -2.16. The maximum Gasteiger partial charge on any atom is 0.320 e. The largest absolute Gasteiger partial charge is 0.480 e. The van der Waals surface area contributed by atoms with Gasteiger partial charge in [0, 0.05) is 0 Å². The quantitative estimate of drug-likeness (QED) is 0.717. The number of aliphatic carboxylic acids is 1. The van der Waals surface area contributed by atoms with E-state index in [1.54, 1.807) is 18.2 Å². The van der Waals surface area contributed by atoms with E-state index in [2.05, 4.69) is 10.6 Å². The normalized spacial score (nSPS) is 12.2. The number of anilines is 1. The first-order valence-corrected chi connectivity index (χ1v) is 7.27. The van der Waals surface area contributed by atoms with Gasteiger partial charge in [-0.25, -0.2) is 0 Å². The Labute approximate surface area is 133 Å². The summed E-state index contributed by atoms with van der Waals surface area (Å²) in [5.74, 6) is -1.17. The topological polar surface area (TPSA) is 78.4 Å². The van der Waals surface area contributed by atoms with Crippen LogP contribution in [-0.2, 0) is 9.59 Å². The Bertz CT molecular complexity index is 501. The molecule has 7 heteroatoms. The summed E-state index contributed by atoms with van der Waals surface area (Å²) < 4.78 is 0. The fraction of sp³-hybridized carbons (Fsp3) is 0.429. The molecule has 1 rings (SSSR count). The molecule has 1 aromatic rings. The van der Waals surface area contributed by atoms with Crippen LogP contribution in [0.4, 0.5) is 5.69 Å². The Kier molecular flexibility index (Phi) is 6.95. The number of rotatable bonds is 7. The standard InChI is InChI=1S/C14H18Cl2N2O3/c1-8(2)6-11(14(20)21)17-7-12(19)18-13-9(15)4-3-5-10(13)16/h3-5,8,11,17H,6-7H2,1-2H3,(H,18,19)(H,20,21). The molecule has 0 heterocycles. The molecule has 0 aliphatic rings. The van der Waals surface area contributed by atoms with Crippen molar-refractivity contribution in [3.8, 4) is 0 Å². The van der Waals surface area contributed by atoms with Crippen LogP contribution in [0.25, 0.3) is 0 Å². The molecule has 0 aliphatic carbocycles. The highest BCUT2D eigenvalue weighted by Gasteiger charge is 2.19. The molecule has 0 radical (unpaired) electrons. The van der Waals surface area contributed by atoms with Gasteiger partial charge in [0.15, 0.2) is 0 Å². The highest BCUT2D eigenvalue weighted by Crippen LogP contribution is 2.29. The molecule has 0 spiro atoms. The van der Waals surface area contributed by atoms with Crippen LogP contribution < -0.4 is 10.6 Å². The van der Waals surface area contributed by atoms with E-state index >= 15 is 0 Å². The SMILES string of the molecule is CC(C)CC(NCC(=O)Nc1c(Cl)cccc1Cl)C(=O)O. The van der Waals surface area contributed by atoms with E-state index in [9.17, 15) is 9.59 Å². The van der Waals surface area contributed by atoms with Crippen LogP contribution >= 0.6 is 23.2 Å². The number of carbonyl (C=O) groups excluding carboxylic acids is 1. The van der Waals surface area contributed by atoms with E-state index in [4.69, 9.17) is 28.3 Å². The van der Waals surface area contributed by atoms with Crippen molar-refractivity contribution in [2.24, 2.45) is 5.92 Å². The van der Waals surface area contributed by atoms with Crippen LogP contribution in [0.3, 0.4) is 0 Å². The third kappa shape index (κ3) is 5.91. The first kappa shape index (κ1) is 17.8. The number of nitrogens with one attached hydrogen (secondary N) is 2. The second-order valence-corrected chi connectivity index (χ2v) is 5.86. The number of carboxylic acids is 1. The highest BCUT2D eigenvalue weighted by molar-refractivity contribution is 6.39. The minimum Gasteiger partial charge on any atom is -0.480 e. The zero-order valence-corrected chi connectivity index (χ0v) is 13.3. The van der Waals surface area contributed by atoms with Gasteiger partial charge in [-0.2, -0.15) is 0 Å². The van der Waals surface area contributed by atoms with E-state index in [0.717, 1.165) is 0 Å². The van der Waals surface area contributed by atoms with Gasteiger partial charge < -0.3 is 10.4 Å². The third-order valence-electron chi connectivity index (χ3n) is 2.74. The molecule has 1 aromatic carbocycles. The van der Waals surface area contributed by atoms with Crippen molar-refractivity contribution in [1.29, 1.82) is 0 Å². The zero-order valence-electron chi connectivity index (χ0n) is 11.8. The number of benzene rings is 1. The molecule has 1 amide bonds. The van der Waals surface area contributed by atoms with Gasteiger partial charge in [0.05, 0.1) is 22.3 Å². The average Bonchev–Trinajstić information content (AvgIpc) is 2.38. The van der Waals surface area contributed by atoms with Crippen LogP contribution in [0, 0.1) is 5.92 Å². The van der Waals surface area contributed by atoms with E-state index in [1.807, 2.05) is 13.8 Å². The second kappa shape index (κ2) is 8.22. The highest BCUT2D eigenvalue weighted by atomic mass is 35.5. The molecule has 0 bridgehead atoms. The Morgan fingerprint density at radius 3 is 2.29 bits per heavy atom. The predicted molar refractivity (Wildman–Crippen MR) is 84.0 cm³/mol. The number of halogens is 2. The summed E-state index contributed by atoms with van der Waals surface area (Å²) >= 11 is 11.9. The van der Waals surface area contributed by atoms with Crippen LogP contribution in [0.5, 0.6) is 0 Å². The van der Waals surface area contributed by atoms with Crippen molar-refractivity contribution < 1.29 is 14.7 Å². The lowest BCUT2D eigenvalue weighted by atomic mass is 10.0. The fourth-order valence-electron chi connectivity index (χ4n) is 1.76. The molecule has 5 nitrogen and oxygen atoms in total. The molecule has 0 fully saturated rings. The van der Waals surface area contributed by atoms with Crippen molar-refractivity contribution in [1.82, 2.24) is 5.32 Å². The zero-order chi connectivity index (χ0) is 16.0. The molecule has 0 saturated heterocycles. The summed E-state index contributed by atoms with van der Waals surface area (Å²) in [6.45, 7) is 3.70. The molecule has 3 N–H and O–H groups in total. The molecule has 0 saturated carbocycles. The number of hydrogen-bond acceptors (Lipinski definition) is 3. The lowest BCUT2D eigenvalue weighted by Crippen LogP contribution is -2.42. The molecular formula is C14H18Cl2N2O3. The van der Waals surface area contributed by atoms with Crippen molar-refractivity contribution >= 4 is 40.8 Å². The molecule has 21 heavy (non-hydrogen) atoms. The maximum absolute atomic E-state index is 11.8. The van der Waals surface area contributed by atoms with Crippen LogP contribution in [0.1, 0.15) is 20.3 Å². The van der Waals surface area contributed by atoms with Gasteiger partial charge in [0.25, 0.3) is 0 Å². The van der Waals surface area contributed by atoms with Crippen molar-refractivity contribution in [3.63, 3.8) is 0 Å². The second-order valence-electron chi connectivity index (χ2n) is 5.05. The summed E-state index contributed by atoms with van der Waals surface area (Å²) in [6.07, 6.45) is 0.440. The smallest absolute Gasteiger partial charge is 0.320 e. The Balaban J connectivity index is 2.59. The molecule has 0 aliphatic heterocycles. The number of amides is 1. The molecular weight excluding hydrogens is 315 g/mol. The number of para-hydroxylation sites is 1. The first-order valence-electron chi connectivity index (χ1n) is 6.51. The minimum atomic E-state index is -0.979. The summed E-state index contributed by atoms with van der Waals surface area (Å²) in [7, 11) is 0. The van der Waals surface area contributed by atoms with Gasteiger partial charge >= 0.3 is 5.97 Å². The predicted octanol–water partition coefficient (Wildman–Crippen LogP) is 3.02. The number of carbonyl (C=O) groups is 2. The van der Waals surface area contributed by atoms with Crippen LogP contribution in [0.2, 0.25) is 10.0 Å². The Hall–Kier alpha value is -1.30. The average molecular weight is 333 g/mol. The monoisotopic (exact) mass is 332 g/mol. The maximum atomic E-state index is 11.8. The van der Waals surface area contributed by atoms with Crippen molar-refractivity contribution in [2.45, 2.75) is 26.3 Å². The fourth-order valence-corrected chi connectivity index (χ4v) is 2.25. The van der Waals surface area contributed by atoms with Gasteiger partial charge in [0.2, 0.25) is 5.91 Å². The van der Waals surface area contributed by atoms with E-state index in [1.165, 1.54) is 0 Å². The first-order chi connectivity index (χ1) is 9.81. The Morgan fingerprint density at radius 2 is 1.81 bits per heavy atom. The lowest BCUT2D eigenvalue weighted by molar-refractivity contribution is -0.139. The van der Waals surface area contributed by atoms with E-state index in [-0.39, 0.29) is 12.5 Å².